The number of anilines is 1. The van der Waals surface area contributed by atoms with Crippen molar-refractivity contribution < 1.29 is 13.9 Å². The van der Waals surface area contributed by atoms with Crippen molar-refractivity contribution >= 4 is 23.4 Å². The minimum atomic E-state index is -0.316. The Labute approximate surface area is 173 Å². The molecule has 8 heteroatoms. The van der Waals surface area contributed by atoms with E-state index in [2.05, 4.69) is 29.4 Å². The van der Waals surface area contributed by atoms with Gasteiger partial charge in [-0.2, -0.15) is 0 Å². The highest BCUT2D eigenvalue weighted by Crippen LogP contribution is 2.20. The smallest absolute Gasteiger partial charge is 0.234 e. The molecule has 0 aliphatic rings. The first-order chi connectivity index (χ1) is 13.9. The fourth-order valence-corrected chi connectivity index (χ4v) is 3.28. The largest absolute Gasteiger partial charge is 0.486 e. The third-order valence-corrected chi connectivity index (χ3v) is 5.32. The molecule has 3 rings (SSSR count). The number of hydrogen-bond acceptors (Lipinski definition) is 5. The van der Waals surface area contributed by atoms with E-state index in [-0.39, 0.29) is 24.1 Å². The van der Waals surface area contributed by atoms with Gasteiger partial charge >= 0.3 is 0 Å². The molecule has 152 valence electrons. The van der Waals surface area contributed by atoms with E-state index < -0.39 is 0 Å². The van der Waals surface area contributed by atoms with E-state index in [0.29, 0.717) is 22.6 Å². The number of benzene rings is 2. The molecule has 2 aromatic carbocycles. The van der Waals surface area contributed by atoms with Crippen LogP contribution in [-0.2, 0) is 18.4 Å². The summed E-state index contributed by atoms with van der Waals surface area (Å²) in [4.78, 5) is 12.2. The van der Waals surface area contributed by atoms with Gasteiger partial charge in [-0.3, -0.25) is 4.79 Å². The van der Waals surface area contributed by atoms with Gasteiger partial charge < -0.3 is 14.6 Å². The van der Waals surface area contributed by atoms with Gasteiger partial charge in [-0.1, -0.05) is 37.7 Å². The van der Waals surface area contributed by atoms with Crippen LogP contribution in [-0.4, -0.2) is 26.4 Å². The van der Waals surface area contributed by atoms with Gasteiger partial charge in [0.1, 0.15) is 18.2 Å². The highest BCUT2D eigenvalue weighted by molar-refractivity contribution is 7.99. The quantitative estimate of drug-likeness (QED) is 0.554. The summed E-state index contributed by atoms with van der Waals surface area (Å²) in [6, 6.07) is 13.6. The molecule has 0 fully saturated rings. The maximum Gasteiger partial charge on any atom is 0.234 e. The summed E-state index contributed by atoms with van der Waals surface area (Å²) in [5.41, 5.74) is 2.00. The Morgan fingerprint density at radius 3 is 2.48 bits per heavy atom. The molecule has 0 atom stereocenters. The molecule has 1 N–H and O–H groups in total. The minimum Gasteiger partial charge on any atom is -0.486 e. The summed E-state index contributed by atoms with van der Waals surface area (Å²) in [7, 11) is 1.81. The number of carbonyl (C=O) groups is 1. The number of nitrogens with zero attached hydrogens (tertiary/aromatic N) is 3. The van der Waals surface area contributed by atoms with Crippen LogP contribution in [0.5, 0.6) is 5.75 Å². The zero-order chi connectivity index (χ0) is 20.8. The Bertz CT molecular complexity index is 956. The molecule has 0 bridgehead atoms. The first kappa shape index (κ1) is 20.9. The van der Waals surface area contributed by atoms with Crippen LogP contribution in [0.2, 0.25) is 0 Å². The van der Waals surface area contributed by atoms with E-state index in [0.717, 1.165) is 5.69 Å². The van der Waals surface area contributed by atoms with Crippen LogP contribution in [0, 0.1) is 5.82 Å². The average molecular weight is 415 g/mol. The molecule has 0 aliphatic carbocycles. The predicted molar refractivity (Wildman–Crippen MR) is 112 cm³/mol. The van der Waals surface area contributed by atoms with Gasteiger partial charge in [0.05, 0.1) is 5.75 Å². The molecule has 3 aromatic rings. The highest BCUT2D eigenvalue weighted by Gasteiger charge is 2.12. The first-order valence-corrected chi connectivity index (χ1v) is 10.2. The van der Waals surface area contributed by atoms with Crippen LogP contribution >= 0.6 is 11.8 Å². The van der Waals surface area contributed by atoms with Gasteiger partial charge in [-0.15, -0.1) is 10.2 Å². The van der Waals surface area contributed by atoms with Gasteiger partial charge in [-0.25, -0.2) is 4.39 Å². The summed E-state index contributed by atoms with van der Waals surface area (Å²) in [5.74, 6) is 1.40. The fraction of sp³-hybridized carbons (Fsp3) is 0.286. The monoisotopic (exact) mass is 414 g/mol. The van der Waals surface area contributed by atoms with Gasteiger partial charge in [0.2, 0.25) is 5.91 Å². The van der Waals surface area contributed by atoms with Crippen molar-refractivity contribution in [3.05, 3.63) is 65.7 Å². The lowest BCUT2D eigenvalue weighted by Gasteiger charge is -2.08. The van der Waals surface area contributed by atoms with E-state index >= 15 is 0 Å². The zero-order valence-corrected chi connectivity index (χ0v) is 17.4. The van der Waals surface area contributed by atoms with Gasteiger partial charge in [0, 0.05) is 12.7 Å². The molecule has 6 nitrogen and oxygen atoms in total. The lowest BCUT2D eigenvalue weighted by Crippen LogP contribution is -2.14. The summed E-state index contributed by atoms with van der Waals surface area (Å²) in [5, 5.41) is 11.7. The second-order valence-electron chi connectivity index (χ2n) is 6.81. The minimum absolute atomic E-state index is 0.112. The van der Waals surface area contributed by atoms with Gasteiger partial charge in [-0.05, 0) is 47.9 Å². The van der Waals surface area contributed by atoms with Crippen LogP contribution < -0.4 is 10.1 Å². The molecular formula is C21H23FN4O2S. The summed E-state index contributed by atoms with van der Waals surface area (Å²) < 4.78 is 20.3. The first-order valence-electron chi connectivity index (χ1n) is 9.21. The van der Waals surface area contributed by atoms with Crippen LogP contribution in [0.3, 0.4) is 0 Å². The molecular weight excluding hydrogens is 391 g/mol. The van der Waals surface area contributed by atoms with Crippen molar-refractivity contribution in [2.24, 2.45) is 7.05 Å². The third-order valence-electron chi connectivity index (χ3n) is 4.30. The molecule has 0 unspecified atom stereocenters. The Kier molecular flexibility index (Phi) is 6.87. The number of aromatic nitrogens is 3. The number of nitrogens with one attached hydrogen (secondary N) is 1. The fourth-order valence-electron chi connectivity index (χ4n) is 2.55. The van der Waals surface area contributed by atoms with Crippen molar-refractivity contribution in [2.75, 3.05) is 11.1 Å². The number of ether oxygens (including phenoxy) is 1. The lowest BCUT2D eigenvalue weighted by atomic mass is 10.0. The van der Waals surface area contributed by atoms with E-state index in [1.807, 2.05) is 31.3 Å². The maximum absolute atomic E-state index is 12.9. The Morgan fingerprint density at radius 1 is 1.14 bits per heavy atom. The lowest BCUT2D eigenvalue weighted by molar-refractivity contribution is -0.113. The van der Waals surface area contributed by atoms with E-state index in [1.54, 1.807) is 16.7 Å². The van der Waals surface area contributed by atoms with Crippen LogP contribution in [0.1, 0.15) is 31.2 Å². The van der Waals surface area contributed by atoms with E-state index in [9.17, 15) is 9.18 Å². The normalized spacial score (nSPS) is 10.9. The third kappa shape index (κ3) is 5.80. The van der Waals surface area contributed by atoms with Crippen LogP contribution in [0.4, 0.5) is 10.1 Å². The van der Waals surface area contributed by atoms with Crippen molar-refractivity contribution in [3.63, 3.8) is 0 Å². The number of hydrogen-bond donors (Lipinski definition) is 1. The van der Waals surface area contributed by atoms with Crippen molar-refractivity contribution in [1.29, 1.82) is 0 Å². The number of halogens is 1. The standard InChI is InChI=1S/C21H23FN4O2S/c1-14(2)15-4-8-17(9-5-15)23-20(27)13-29-21-25-24-19(26(21)3)12-28-18-10-6-16(22)7-11-18/h4-11,14H,12-13H2,1-3H3,(H,23,27). The second kappa shape index (κ2) is 9.56. The van der Waals surface area contributed by atoms with E-state index in [1.165, 1.54) is 29.5 Å². The van der Waals surface area contributed by atoms with Crippen molar-refractivity contribution in [2.45, 2.75) is 31.5 Å². The topological polar surface area (TPSA) is 69.0 Å². The Hall–Kier alpha value is -2.87. The van der Waals surface area contributed by atoms with Crippen molar-refractivity contribution in [3.8, 4) is 5.75 Å². The Balaban J connectivity index is 1.50. The summed E-state index contributed by atoms with van der Waals surface area (Å²) >= 11 is 1.30. The summed E-state index contributed by atoms with van der Waals surface area (Å²) in [6.07, 6.45) is 0. The molecule has 1 aromatic heterocycles. The molecule has 1 heterocycles. The molecule has 0 saturated heterocycles. The summed E-state index contributed by atoms with van der Waals surface area (Å²) in [6.45, 7) is 4.46. The molecule has 29 heavy (non-hydrogen) atoms. The number of carbonyl (C=O) groups excluding carboxylic acids is 1. The van der Waals surface area contributed by atoms with E-state index in [4.69, 9.17) is 4.74 Å². The van der Waals surface area contributed by atoms with Gasteiger partial charge in [0.15, 0.2) is 11.0 Å². The van der Waals surface area contributed by atoms with Crippen LogP contribution in [0.15, 0.2) is 53.7 Å². The number of thioether (sulfide) groups is 1. The maximum atomic E-state index is 12.9. The highest BCUT2D eigenvalue weighted by atomic mass is 32.2. The number of rotatable bonds is 8. The van der Waals surface area contributed by atoms with Crippen LogP contribution in [0.25, 0.3) is 0 Å². The molecule has 0 spiro atoms. The molecule has 0 saturated carbocycles. The zero-order valence-electron chi connectivity index (χ0n) is 16.6. The second-order valence-corrected chi connectivity index (χ2v) is 7.76. The van der Waals surface area contributed by atoms with Crippen molar-refractivity contribution in [1.82, 2.24) is 14.8 Å². The molecule has 1 amide bonds. The molecule has 0 aliphatic heterocycles. The SMILES string of the molecule is CC(C)c1ccc(NC(=O)CSc2nnc(COc3ccc(F)cc3)n2C)cc1. The Morgan fingerprint density at radius 2 is 1.83 bits per heavy atom. The average Bonchev–Trinajstić information content (AvgIpc) is 3.06. The van der Waals surface area contributed by atoms with Gasteiger partial charge in [0.25, 0.3) is 0 Å². The predicted octanol–water partition coefficient (Wildman–Crippen LogP) is 4.39. The number of amides is 1. The molecule has 0 radical (unpaired) electrons.